The van der Waals surface area contributed by atoms with Gasteiger partial charge >= 0.3 is 5.97 Å². The van der Waals surface area contributed by atoms with Crippen molar-refractivity contribution in [2.24, 2.45) is 5.92 Å². The molecule has 1 aromatic rings. The fourth-order valence-corrected chi connectivity index (χ4v) is 3.56. The van der Waals surface area contributed by atoms with Crippen LogP contribution in [0.3, 0.4) is 0 Å². The Morgan fingerprint density at radius 2 is 1.84 bits per heavy atom. The second kappa shape index (κ2) is 16.9. The van der Waals surface area contributed by atoms with Gasteiger partial charge < -0.3 is 4.74 Å². The molecule has 2 nitrogen and oxygen atoms in total. The largest absolute Gasteiger partial charge is 0.426 e. The zero-order valence-electron chi connectivity index (χ0n) is 19.9. The van der Waals surface area contributed by atoms with E-state index >= 15 is 0 Å². The van der Waals surface area contributed by atoms with Crippen LogP contribution in [0.25, 0.3) is 0 Å². The lowest BCUT2D eigenvalue weighted by Gasteiger charge is -2.22. The molecule has 0 radical (unpaired) electrons. The Labute approximate surface area is 188 Å². The van der Waals surface area contributed by atoms with E-state index in [9.17, 15) is 13.6 Å². The number of carbonyl (C=O) groups excluding carboxylic acids is 1. The lowest BCUT2D eigenvalue weighted by Crippen LogP contribution is -2.08. The molecule has 1 aliphatic carbocycles. The number of unbranched alkanes of at least 4 members (excludes halogenated alkanes) is 3. The molecule has 0 spiro atoms. The van der Waals surface area contributed by atoms with Gasteiger partial charge in [0.1, 0.15) is 11.6 Å². The molecule has 0 saturated carbocycles. The molecule has 1 unspecified atom stereocenters. The third-order valence-electron chi connectivity index (χ3n) is 5.82. The van der Waals surface area contributed by atoms with Crippen LogP contribution in [-0.2, 0) is 11.2 Å². The van der Waals surface area contributed by atoms with E-state index in [1.807, 2.05) is 0 Å². The predicted molar refractivity (Wildman–Crippen MR) is 126 cm³/mol. The van der Waals surface area contributed by atoms with Crippen LogP contribution < -0.4 is 4.74 Å². The Kier molecular flexibility index (Phi) is 14.9. The normalized spacial score (nSPS) is 15.6. The molecule has 176 valence electrons. The van der Waals surface area contributed by atoms with Crippen molar-refractivity contribution in [3.63, 3.8) is 0 Å². The van der Waals surface area contributed by atoms with Gasteiger partial charge in [-0.15, -0.1) is 0 Å². The molecule has 2 rings (SSSR count). The SMILES string of the molecule is CCCC.CCCCC1CC=C(CCc2ccc(OC(=O)CCCCF)cc2F)CC1. The van der Waals surface area contributed by atoms with E-state index in [-0.39, 0.29) is 18.0 Å². The monoisotopic (exact) mass is 436 g/mol. The number of hydrogen-bond donors (Lipinski definition) is 0. The van der Waals surface area contributed by atoms with Crippen LogP contribution in [0.15, 0.2) is 29.8 Å². The van der Waals surface area contributed by atoms with Gasteiger partial charge in [0, 0.05) is 12.5 Å². The first-order valence-corrected chi connectivity index (χ1v) is 12.3. The van der Waals surface area contributed by atoms with Crippen molar-refractivity contribution in [2.75, 3.05) is 6.67 Å². The Morgan fingerprint density at radius 1 is 1.06 bits per heavy atom. The molecule has 0 heterocycles. The molecular formula is C27H42F2O2. The standard InChI is InChI=1S/C23H32F2O2.C4H10/c1-2-3-6-18-8-10-19(11-9-18)12-13-20-14-15-21(17-22(20)25)27-23(26)7-4-5-16-24;1-3-4-2/h10,14-15,17-18H,2-9,11-13,16H2,1H3;3-4H2,1-2H3. The molecule has 1 aliphatic rings. The Hall–Kier alpha value is -1.71. The van der Waals surface area contributed by atoms with Crippen molar-refractivity contribution >= 4 is 5.97 Å². The van der Waals surface area contributed by atoms with Crippen LogP contribution in [0.5, 0.6) is 5.75 Å². The first-order chi connectivity index (χ1) is 15.0. The summed E-state index contributed by atoms with van der Waals surface area (Å²) in [5.41, 5.74) is 2.09. The molecule has 0 N–H and O–H groups in total. The maximum absolute atomic E-state index is 14.3. The van der Waals surface area contributed by atoms with E-state index in [4.69, 9.17) is 4.74 Å². The minimum atomic E-state index is -0.444. The van der Waals surface area contributed by atoms with Gasteiger partial charge in [0.2, 0.25) is 0 Å². The van der Waals surface area contributed by atoms with Crippen LogP contribution in [0, 0.1) is 11.7 Å². The van der Waals surface area contributed by atoms with Crippen molar-refractivity contribution in [1.29, 1.82) is 0 Å². The van der Waals surface area contributed by atoms with Crippen molar-refractivity contribution in [2.45, 2.75) is 104 Å². The van der Waals surface area contributed by atoms with E-state index in [0.717, 1.165) is 25.2 Å². The van der Waals surface area contributed by atoms with Gasteiger partial charge in [0.25, 0.3) is 0 Å². The number of rotatable bonds is 12. The quantitative estimate of drug-likeness (QED) is 0.142. The number of ether oxygens (including phenoxy) is 1. The number of aryl methyl sites for hydroxylation is 1. The maximum Gasteiger partial charge on any atom is 0.311 e. The first kappa shape index (κ1) is 27.3. The molecule has 4 heteroatoms. The fraction of sp³-hybridized carbons (Fsp3) is 0.667. The lowest BCUT2D eigenvalue weighted by molar-refractivity contribution is -0.134. The zero-order valence-corrected chi connectivity index (χ0v) is 19.9. The summed E-state index contributed by atoms with van der Waals surface area (Å²) >= 11 is 0. The minimum Gasteiger partial charge on any atom is -0.426 e. The molecular weight excluding hydrogens is 394 g/mol. The van der Waals surface area contributed by atoms with Gasteiger partial charge in [-0.3, -0.25) is 9.18 Å². The summed E-state index contributed by atoms with van der Waals surface area (Å²) < 4.78 is 31.5. The molecule has 0 aliphatic heterocycles. The molecule has 0 saturated heterocycles. The molecule has 1 aromatic carbocycles. The average molecular weight is 437 g/mol. The molecule has 1 atom stereocenters. The van der Waals surface area contributed by atoms with E-state index in [1.54, 1.807) is 12.1 Å². The Morgan fingerprint density at radius 3 is 2.42 bits per heavy atom. The third-order valence-corrected chi connectivity index (χ3v) is 5.82. The number of allylic oxidation sites excluding steroid dienone is 2. The Bertz CT molecular complexity index is 653. The number of carbonyl (C=O) groups is 1. The third kappa shape index (κ3) is 12.0. The smallest absolute Gasteiger partial charge is 0.311 e. The molecule has 31 heavy (non-hydrogen) atoms. The molecule has 0 bridgehead atoms. The highest BCUT2D eigenvalue weighted by atomic mass is 19.1. The van der Waals surface area contributed by atoms with Gasteiger partial charge in [-0.05, 0) is 62.5 Å². The van der Waals surface area contributed by atoms with Crippen molar-refractivity contribution in [3.8, 4) is 5.75 Å². The van der Waals surface area contributed by atoms with E-state index in [0.29, 0.717) is 24.8 Å². The summed E-state index contributed by atoms with van der Waals surface area (Å²) in [6, 6.07) is 4.62. The summed E-state index contributed by atoms with van der Waals surface area (Å²) in [5.74, 6) is 0.267. The topological polar surface area (TPSA) is 26.3 Å². The second-order valence-electron chi connectivity index (χ2n) is 8.52. The first-order valence-electron chi connectivity index (χ1n) is 12.3. The molecule has 0 aromatic heterocycles. The van der Waals surface area contributed by atoms with Crippen LogP contribution in [0.1, 0.15) is 103 Å². The van der Waals surface area contributed by atoms with Gasteiger partial charge in [0.15, 0.2) is 0 Å². The van der Waals surface area contributed by atoms with Crippen molar-refractivity contribution in [1.82, 2.24) is 0 Å². The highest BCUT2D eigenvalue weighted by Gasteiger charge is 2.15. The van der Waals surface area contributed by atoms with Crippen LogP contribution in [0.2, 0.25) is 0 Å². The van der Waals surface area contributed by atoms with Crippen molar-refractivity contribution < 1.29 is 18.3 Å². The number of alkyl halides is 1. The fourth-order valence-electron chi connectivity index (χ4n) is 3.56. The number of benzene rings is 1. The van der Waals surface area contributed by atoms with Gasteiger partial charge in [-0.2, -0.15) is 0 Å². The summed E-state index contributed by atoms with van der Waals surface area (Å²) in [6.07, 6.45) is 14.9. The summed E-state index contributed by atoms with van der Waals surface area (Å²) in [4.78, 5) is 11.6. The number of esters is 1. The van der Waals surface area contributed by atoms with E-state index < -0.39 is 12.6 Å². The summed E-state index contributed by atoms with van der Waals surface area (Å²) in [7, 11) is 0. The zero-order chi connectivity index (χ0) is 22.9. The van der Waals surface area contributed by atoms with Crippen LogP contribution in [-0.4, -0.2) is 12.6 Å². The van der Waals surface area contributed by atoms with Crippen molar-refractivity contribution in [3.05, 3.63) is 41.2 Å². The Balaban J connectivity index is 0.00000110. The van der Waals surface area contributed by atoms with Crippen LogP contribution >= 0.6 is 0 Å². The molecule has 0 fully saturated rings. The van der Waals surface area contributed by atoms with E-state index in [2.05, 4.69) is 26.8 Å². The lowest BCUT2D eigenvalue weighted by atomic mass is 9.84. The number of hydrogen-bond acceptors (Lipinski definition) is 2. The summed E-state index contributed by atoms with van der Waals surface area (Å²) in [6.45, 7) is 6.16. The highest BCUT2D eigenvalue weighted by Crippen LogP contribution is 2.30. The highest BCUT2D eigenvalue weighted by molar-refractivity contribution is 5.72. The van der Waals surface area contributed by atoms with Gasteiger partial charge in [-0.25, -0.2) is 4.39 Å². The molecule has 0 amide bonds. The summed E-state index contributed by atoms with van der Waals surface area (Å²) in [5, 5.41) is 0. The predicted octanol–water partition coefficient (Wildman–Crippen LogP) is 8.53. The minimum absolute atomic E-state index is 0.153. The second-order valence-corrected chi connectivity index (χ2v) is 8.52. The van der Waals surface area contributed by atoms with Gasteiger partial charge in [0.05, 0.1) is 6.67 Å². The van der Waals surface area contributed by atoms with Crippen LogP contribution in [0.4, 0.5) is 8.78 Å². The average Bonchev–Trinajstić information content (AvgIpc) is 2.78. The van der Waals surface area contributed by atoms with Gasteiger partial charge in [-0.1, -0.05) is 70.6 Å². The van der Waals surface area contributed by atoms with E-state index in [1.165, 1.54) is 50.2 Å². The maximum atomic E-state index is 14.3. The number of halogens is 2.